The van der Waals surface area contributed by atoms with Crippen LogP contribution in [0.1, 0.15) is 45.7 Å². The van der Waals surface area contributed by atoms with E-state index in [9.17, 15) is 0 Å². The summed E-state index contributed by atoms with van der Waals surface area (Å²) in [6, 6.07) is 9.23. The Hall–Kier alpha value is -1.06. The number of hydrogen-bond donors (Lipinski definition) is 1. The first kappa shape index (κ1) is 15.3. The van der Waals surface area contributed by atoms with Crippen LogP contribution in [0.25, 0.3) is 0 Å². The lowest BCUT2D eigenvalue weighted by Crippen LogP contribution is -2.35. The summed E-state index contributed by atoms with van der Waals surface area (Å²) in [5.74, 6) is 1.58. The van der Waals surface area contributed by atoms with E-state index in [-0.39, 0.29) is 6.10 Å². The van der Waals surface area contributed by atoms with Gasteiger partial charge in [-0.05, 0) is 57.7 Å². The second-order valence-electron chi connectivity index (χ2n) is 6.04. The summed E-state index contributed by atoms with van der Waals surface area (Å²) in [6.07, 6.45) is 1.39. The van der Waals surface area contributed by atoms with E-state index >= 15 is 0 Å². The molecule has 1 heterocycles. The third-order valence-corrected chi connectivity index (χ3v) is 3.94. The molecule has 0 spiro atoms. The molecule has 0 bridgehead atoms. The summed E-state index contributed by atoms with van der Waals surface area (Å²) < 4.78 is 11.1. The Kier molecular flexibility index (Phi) is 5.44. The van der Waals surface area contributed by atoms with E-state index in [1.54, 1.807) is 0 Å². The molecule has 0 aromatic heterocycles. The van der Waals surface area contributed by atoms with Gasteiger partial charge in [-0.3, -0.25) is 0 Å². The standard InChI is InChI=1S/C17H27NO2/c1-12(2)20-17-7-5-15(6-8-17)13(3)18-14(4)16-9-10-19-11-16/h5-8,12-14,16,18H,9-11H2,1-4H3. The van der Waals surface area contributed by atoms with E-state index < -0.39 is 0 Å². The van der Waals surface area contributed by atoms with Crippen LogP contribution in [0, 0.1) is 5.92 Å². The van der Waals surface area contributed by atoms with E-state index in [4.69, 9.17) is 9.47 Å². The predicted molar refractivity (Wildman–Crippen MR) is 82.1 cm³/mol. The van der Waals surface area contributed by atoms with Crippen molar-refractivity contribution in [1.82, 2.24) is 5.32 Å². The zero-order valence-electron chi connectivity index (χ0n) is 13.1. The van der Waals surface area contributed by atoms with Crippen molar-refractivity contribution >= 4 is 0 Å². The van der Waals surface area contributed by atoms with Gasteiger partial charge in [-0.2, -0.15) is 0 Å². The molecule has 1 aromatic carbocycles. The Balaban J connectivity index is 1.89. The van der Waals surface area contributed by atoms with E-state index in [0.29, 0.717) is 18.0 Å². The normalized spacial score (nSPS) is 21.9. The van der Waals surface area contributed by atoms with E-state index in [1.807, 2.05) is 13.8 Å². The van der Waals surface area contributed by atoms with Crippen molar-refractivity contribution in [2.45, 2.75) is 52.3 Å². The lowest BCUT2D eigenvalue weighted by Gasteiger charge is -2.24. The van der Waals surface area contributed by atoms with Gasteiger partial charge in [0.05, 0.1) is 12.7 Å². The summed E-state index contributed by atoms with van der Waals surface area (Å²) in [6.45, 7) is 10.4. The third-order valence-electron chi connectivity index (χ3n) is 3.94. The smallest absolute Gasteiger partial charge is 0.119 e. The monoisotopic (exact) mass is 277 g/mol. The van der Waals surface area contributed by atoms with Gasteiger partial charge in [0.1, 0.15) is 5.75 Å². The maximum Gasteiger partial charge on any atom is 0.119 e. The van der Waals surface area contributed by atoms with Gasteiger partial charge in [0.2, 0.25) is 0 Å². The number of nitrogens with one attached hydrogen (secondary N) is 1. The lowest BCUT2D eigenvalue weighted by atomic mass is 9.98. The van der Waals surface area contributed by atoms with Crippen LogP contribution < -0.4 is 10.1 Å². The fraction of sp³-hybridized carbons (Fsp3) is 0.647. The molecule has 1 fully saturated rings. The van der Waals surface area contributed by atoms with Gasteiger partial charge < -0.3 is 14.8 Å². The largest absolute Gasteiger partial charge is 0.491 e. The highest BCUT2D eigenvalue weighted by Crippen LogP contribution is 2.22. The van der Waals surface area contributed by atoms with Crippen LogP contribution in [-0.4, -0.2) is 25.4 Å². The Morgan fingerprint density at radius 3 is 2.40 bits per heavy atom. The van der Waals surface area contributed by atoms with Gasteiger partial charge in [-0.25, -0.2) is 0 Å². The SMILES string of the molecule is CC(C)Oc1ccc(C(C)NC(C)C2CCOC2)cc1. The number of ether oxygens (including phenoxy) is 2. The van der Waals surface area contributed by atoms with Gasteiger partial charge in [-0.15, -0.1) is 0 Å². The minimum absolute atomic E-state index is 0.221. The summed E-state index contributed by atoms with van der Waals surface area (Å²) in [5, 5.41) is 3.68. The molecule has 112 valence electrons. The molecule has 3 heteroatoms. The Morgan fingerprint density at radius 2 is 1.85 bits per heavy atom. The number of rotatable bonds is 6. The quantitative estimate of drug-likeness (QED) is 0.862. The van der Waals surface area contributed by atoms with Crippen LogP contribution in [0.4, 0.5) is 0 Å². The summed E-state index contributed by atoms with van der Waals surface area (Å²) in [7, 11) is 0. The fourth-order valence-electron chi connectivity index (χ4n) is 2.68. The van der Waals surface area contributed by atoms with Crippen molar-refractivity contribution in [3.05, 3.63) is 29.8 Å². The highest BCUT2D eigenvalue weighted by atomic mass is 16.5. The molecule has 0 aliphatic carbocycles. The zero-order valence-corrected chi connectivity index (χ0v) is 13.1. The van der Waals surface area contributed by atoms with Gasteiger partial charge in [0, 0.05) is 18.7 Å². The fourth-order valence-corrected chi connectivity index (χ4v) is 2.68. The van der Waals surface area contributed by atoms with Crippen molar-refractivity contribution in [3.63, 3.8) is 0 Å². The van der Waals surface area contributed by atoms with Gasteiger partial charge >= 0.3 is 0 Å². The summed E-state index contributed by atoms with van der Waals surface area (Å²) in [4.78, 5) is 0. The Morgan fingerprint density at radius 1 is 1.15 bits per heavy atom. The van der Waals surface area contributed by atoms with Crippen LogP contribution in [0.15, 0.2) is 24.3 Å². The van der Waals surface area contributed by atoms with Crippen molar-refractivity contribution in [3.8, 4) is 5.75 Å². The molecule has 1 aliphatic rings. The molecule has 0 saturated carbocycles. The van der Waals surface area contributed by atoms with Gasteiger partial charge in [0.15, 0.2) is 0 Å². The van der Waals surface area contributed by atoms with Crippen LogP contribution >= 0.6 is 0 Å². The van der Waals surface area contributed by atoms with Crippen molar-refractivity contribution in [1.29, 1.82) is 0 Å². The van der Waals surface area contributed by atoms with E-state index in [1.165, 1.54) is 12.0 Å². The predicted octanol–water partition coefficient (Wildman–Crippen LogP) is 3.55. The van der Waals surface area contributed by atoms with Crippen molar-refractivity contribution in [2.75, 3.05) is 13.2 Å². The first-order chi connectivity index (χ1) is 9.56. The van der Waals surface area contributed by atoms with Crippen LogP contribution in [-0.2, 0) is 4.74 Å². The minimum atomic E-state index is 0.221. The summed E-state index contributed by atoms with van der Waals surface area (Å²) in [5.41, 5.74) is 1.30. The molecule has 1 N–H and O–H groups in total. The number of hydrogen-bond acceptors (Lipinski definition) is 3. The zero-order chi connectivity index (χ0) is 14.5. The van der Waals surface area contributed by atoms with Crippen LogP contribution in [0.5, 0.6) is 5.75 Å². The average molecular weight is 277 g/mol. The van der Waals surface area contributed by atoms with Gasteiger partial charge in [-0.1, -0.05) is 12.1 Å². The van der Waals surface area contributed by atoms with E-state index in [2.05, 4.69) is 43.4 Å². The molecule has 3 atom stereocenters. The van der Waals surface area contributed by atoms with Crippen LogP contribution in [0.2, 0.25) is 0 Å². The Labute approximate surface area is 122 Å². The second-order valence-corrected chi connectivity index (χ2v) is 6.04. The van der Waals surface area contributed by atoms with Crippen molar-refractivity contribution < 1.29 is 9.47 Å². The highest BCUT2D eigenvalue weighted by Gasteiger charge is 2.23. The van der Waals surface area contributed by atoms with Crippen molar-refractivity contribution in [2.24, 2.45) is 5.92 Å². The molecule has 1 aliphatic heterocycles. The summed E-state index contributed by atoms with van der Waals surface area (Å²) >= 11 is 0. The third kappa shape index (κ3) is 4.22. The lowest BCUT2D eigenvalue weighted by molar-refractivity contribution is 0.177. The second kappa shape index (κ2) is 7.09. The highest BCUT2D eigenvalue weighted by molar-refractivity contribution is 5.29. The molecule has 20 heavy (non-hydrogen) atoms. The maximum absolute atomic E-state index is 5.67. The topological polar surface area (TPSA) is 30.5 Å². The molecule has 2 rings (SSSR count). The molecular formula is C17H27NO2. The molecule has 3 unspecified atom stereocenters. The van der Waals surface area contributed by atoms with Crippen LogP contribution in [0.3, 0.4) is 0 Å². The maximum atomic E-state index is 5.67. The molecule has 1 saturated heterocycles. The van der Waals surface area contributed by atoms with E-state index in [0.717, 1.165) is 19.0 Å². The molecule has 0 amide bonds. The molecule has 3 nitrogen and oxygen atoms in total. The van der Waals surface area contributed by atoms with Gasteiger partial charge in [0.25, 0.3) is 0 Å². The first-order valence-corrected chi connectivity index (χ1v) is 7.66. The first-order valence-electron chi connectivity index (χ1n) is 7.66. The minimum Gasteiger partial charge on any atom is -0.491 e. The molecule has 1 aromatic rings. The molecule has 0 radical (unpaired) electrons. The molecular weight excluding hydrogens is 250 g/mol. The Bertz CT molecular complexity index is 396. The number of benzene rings is 1. The average Bonchev–Trinajstić information content (AvgIpc) is 2.92.